The average molecular weight is 480 g/mol. The molecule has 1 saturated heterocycles. The maximum atomic E-state index is 13.8. The second kappa shape index (κ2) is 10.00. The topological polar surface area (TPSA) is 83.0 Å². The van der Waals surface area contributed by atoms with Crippen molar-refractivity contribution in [3.63, 3.8) is 0 Å². The molecular formula is C27H30FN3O4. The Balaban J connectivity index is 1.54. The minimum absolute atomic E-state index is 0.203. The zero-order valence-corrected chi connectivity index (χ0v) is 20.4. The monoisotopic (exact) mass is 479 g/mol. The van der Waals surface area contributed by atoms with Crippen LogP contribution in [0.4, 0.5) is 4.39 Å². The zero-order valence-electron chi connectivity index (χ0n) is 20.4. The number of piperidine rings is 1. The highest BCUT2D eigenvalue weighted by atomic mass is 19.1. The van der Waals surface area contributed by atoms with Crippen molar-refractivity contribution in [2.24, 2.45) is 0 Å². The molecule has 2 amide bonds. The SMILES string of the molecule is CC(=O)N(O)[C@H]1CCCN(C(=O)C(C)Oc2ccc3c(-c4c(C)cc(F)cc4C)ccnc3c2)C1. The van der Waals surface area contributed by atoms with Crippen molar-refractivity contribution in [2.75, 3.05) is 13.1 Å². The second-order valence-corrected chi connectivity index (χ2v) is 9.16. The van der Waals surface area contributed by atoms with Gasteiger partial charge in [0, 0.05) is 37.7 Å². The Hall–Kier alpha value is -3.52. The molecule has 4 rings (SSSR count). The number of ether oxygens (including phenoxy) is 1. The van der Waals surface area contributed by atoms with Crippen molar-refractivity contribution >= 4 is 22.7 Å². The number of hydroxylamine groups is 2. The minimum Gasteiger partial charge on any atom is -0.481 e. The fourth-order valence-corrected chi connectivity index (χ4v) is 4.88. The molecule has 1 aliphatic rings. The Bertz CT molecular complexity index is 1260. The van der Waals surface area contributed by atoms with E-state index in [1.54, 1.807) is 30.2 Å². The Morgan fingerprint density at radius 3 is 2.60 bits per heavy atom. The number of fused-ring (bicyclic) bond motifs is 1. The summed E-state index contributed by atoms with van der Waals surface area (Å²) in [7, 11) is 0. The summed E-state index contributed by atoms with van der Waals surface area (Å²) >= 11 is 0. The normalized spacial score (nSPS) is 16.7. The molecule has 0 radical (unpaired) electrons. The van der Waals surface area contributed by atoms with Gasteiger partial charge in [0.05, 0.1) is 11.6 Å². The predicted molar refractivity (Wildman–Crippen MR) is 131 cm³/mol. The van der Waals surface area contributed by atoms with E-state index in [2.05, 4.69) is 4.98 Å². The Morgan fingerprint density at radius 2 is 1.91 bits per heavy atom. The Labute approximate surface area is 204 Å². The highest BCUT2D eigenvalue weighted by Gasteiger charge is 2.31. The largest absolute Gasteiger partial charge is 0.481 e. The summed E-state index contributed by atoms with van der Waals surface area (Å²) in [5.41, 5.74) is 4.33. The number of halogens is 1. The summed E-state index contributed by atoms with van der Waals surface area (Å²) in [4.78, 5) is 30.6. The van der Waals surface area contributed by atoms with E-state index in [1.807, 2.05) is 26.0 Å². The van der Waals surface area contributed by atoms with Gasteiger partial charge in [-0.05, 0) is 86.2 Å². The van der Waals surface area contributed by atoms with Gasteiger partial charge in [-0.2, -0.15) is 0 Å². The number of pyridine rings is 1. The first-order valence-corrected chi connectivity index (χ1v) is 11.8. The number of hydrogen-bond acceptors (Lipinski definition) is 5. The summed E-state index contributed by atoms with van der Waals surface area (Å²) < 4.78 is 19.8. The number of hydrogen-bond donors (Lipinski definition) is 1. The third-order valence-corrected chi connectivity index (χ3v) is 6.52. The van der Waals surface area contributed by atoms with Gasteiger partial charge < -0.3 is 9.64 Å². The van der Waals surface area contributed by atoms with Gasteiger partial charge in [-0.15, -0.1) is 0 Å². The molecule has 2 aromatic carbocycles. The van der Waals surface area contributed by atoms with Gasteiger partial charge in [0.25, 0.3) is 5.91 Å². The molecule has 2 atom stereocenters. The Morgan fingerprint density at radius 1 is 1.20 bits per heavy atom. The van der Waals surface area contributed by atoms with Crippen molar-refractivity contribution in [1.29, 1.82) is 0 Å². The second-order valence-electron chi connectivity index (χ2n) is 9.16. The number of carbonyl (C=O) groups excluding carboxylic acids is 2. The molecule has 1 aliphatic heterocycles. The first-order chi connectivity index (χ1) is 16.7. The smallest absolute Gasteiger partial charge is 0.263 e. The Kier molecular flexibility index (Phi) is 7.03. The lowest BCUT2D eigenvalue weighted by Gasteiger charge is -2.36. The predicted octanol–water partition coefficient (Wildman–Crippen LogP) is 4.65. The average Bonchev–Trinajstić information content (AvgIpc) is 2.82. The van der Waals surface area contributed by atoms with E-state index in [4.69, 9.17) is 4.74 Å². The molecule has 7 nitrogen and oxygen atoms in total. The number of aryl methyl sites for hydroxylation is 2. The van der Waals surface area contributed by atoms with E-state index in [0.29, 0.717) is 35.7 Å². The fourth-order valence-electron chi connectivity index (χ4n) is 4.88. The number of benzene rings is 2. The van der Waals surface area contributed by atoms with Crippen LogP contribution in [0, 0.1) is 19.7 Å². The van der Waals surface area contributed by atoms with Crippen LogP contribution in [0.25, 0.3) is 22.0 Å². The van der Waals surface area contributed by atoms with Gasteiger partial charge in [0.15, 0.2) is 6.10 Å². The molecule has 1 unspecified atom stereocenters. The molecule has 0 spiro atoms. The lowest BCUT2D eigenvalue weighted by molar-refractivity contribution is -0.179. The van der Waals surface area contributed by atoms with Crippen LogP contribution < -0.4 is 4.74 Å². The number of nitrogens with zero attached hydrogens (tertiary/aromatic N) is 3. The molecular weight excluding hydrogens is 449 g/mol. The number of carbonyl (C=O) groups is 2. The van der Waals surface area contributed by atoms with E-state index < -0.39 is 18.1 Å². The van der Waals surface area contributed by atoms with E-state index in [0.717, 1.165) is 27.6 Å². The summed E-state index contributed by atoms with van der Waals surface area (Å²) in [6.45, 7) is 7.58. The van der Waals surface area contributed by atoms with Crippen molar-refractivity contribution < 1.29 is 23.9 Å². The van der Waals surface area contributed by atoms with Gasteiger partial charge in [-0.3, -0.25) is 19.8 Å². The molecule has 0 aliphatic carbocycles. The van der Waals surface area contributed by atoms with Crippen LogP contribution in [0.3, 0.4) is 0 Å². The van der Waals surface area contributed by atoms with Crippen molar-refractivity contribution in [3.05, 3.63) is 59.5 Å². The van der Waals surface area contributed by atoms with Crippen LogP contribution in [0.2, 0.25) is 0 Å². The first-order valence-electron chi connectivity index (χ1n) is 11.8. The maximum Gasteiger partial charge on any atom is 0.263 e. The third kappa shape index (κ3) is 5.12. The standard InChI is InChI=1S/C27H30FN3O4/c1-16-12-20(28)13-17(2)26(16)24-9-10-29-25-14-22(7-8-23(24)25)35-18(3)27(33)30-11-5-6-21(15-30)31(34)19(4)32/h7-10,12-14,18,21,34H,5-6,11,15H2,1-4H3/t18?,21-/m0/s1. The summed E-state index contributed by atoms with van der Waals surface area (Å²) in [6.07, 6.45) is 2.29. The van der Waals surface area contributed by atoms with E-state index in [1.165, 1.54) is 19.1 Å². The molecule has 184 valence electrons. The first kappa shape index (κ1) is 24.6. The van der Waals surface area contributed by atoms with Crippen molar-refractivity contribution in [3.8, 4) is 16.9 Å². The van der Waals surface area contributed by atoms with Crippen LogP contribution >= 0.6 is 0 Å². The van der Waals surface area contributed by atoms with Crippen molar-refractivity contribution in [1.82, 2.24) is 14.9 Å². The molecule has 35 heavy (non-hydrogen) atoms. The van der Waals surface area contributed by atoms with Crippen LogP contribution in [-0.2, 0) is 9.59 Å². The van der Waals surface area contributed by atoms with Crippen molar-refractivity contribution in [2.45, 2.75) is 52.7 Å². The van der Waals surface area contributed by atoms with Gasteiger partial charge in [-0.25, -0.2) is 9.45 Å². The molecule has 8 heteroatoms. The van der Waals surface area contributed by atoms with Gasteiger partial charge in [0.1, 0.15) is 11.6 Å². The lowest BCUT2D eigenvalue weighted by atomic mass is 9.93. The molecule has 2 heterocycles. The zero-order chi connectivity index (χ0) is 25.3. The number of likely N-dealkylation sites (tertiary alicyclic amines) is 1. The minimum atomic E-state index is -0.750. The van der Waals surface area contributed by atoms with E-state index in [-0.39, 0.29) is 18.3 Å². The van der Waals surface area contributed by atoms with Crippen LogP contribution in [0.1, 0.15) is 37.8 Å². The lowest BCUT2D eigenvalue weighted by Crippen LogP contribution is -2.52. The molecule has 1 N–H and O–H groups in total. The fraction of sp³-hybridized carbons (Fsp3) is 0.370. The molecule has 3 aromatic rings. The molecule has 0 bridgehead atoms. The highest BCUT2D eigenvalue weighted by molar-refractivity contribution is 5.96. The maximum absolute atomic E-state index is 13.8. The molecule has 0 saturated carbocycles. The summed E-state index contributed by atoms with van der Waals surface area (Å²) in [5, 5.41) is 11.6. The molecule has 1 fully saturated rings. The van der Waals surface area contributed by atoms with E-state index in [9.17, 15) is 19.2 Å². The van der Waals surface area contributed by atoms with Crippen LogP contribution in [0.5, 0.6) is 5.75 Å². The third-order valence-electron chi connectivity index (χ3n) is 6.52. The van der Waals surface area contributed by atoms with E-state index >= 15 is 0 Å². The number of rotatable bonds is 5. The van der Waals surface area contributed by atoms with Crippen LogP contribution in [0.15, 0.2) is 42.6 Å². The molecule has 1 aromatic heterocycles. The van der Waals surface area contributed by atoms with Gasteiger partial charge in [0.2, 0.25) is 5.91 Å². The quantitative estimate of drug-likeness (QED) is 0.425. The highest BCUT2D eigenvalue weighted by Crippen LogP contribution is 2.34. The van der Waals surface area contributed by atoms with Gasteiger partial charge >= 0.3 is 0 Å². The van der Waals surface area contributed by atoms with Gasteiger partial charge in [-0.1, -0.05) is 0 Å². The number of amides is 2. The summed E-state index contributed by atoms with van der Waals surface area (Å²) in [5.74, 6) is -0.394. The number of aromatic nitrogens is 1. The van der Waals surface area contributed by atoms with Crippen LogP contribution in [-0.4, -0.2) is 57.2 Å². The summed E-state index contributed by atoms with van der Waals surface area (Å²) in [6, 6.07) is 10.0.